The summed E-state index contributed by atoms with van der Waals surface area (Å²) in [4.78, 5) is 10.4. The summed E-state index contributed by atoms with van der Waals surface area (Å²) in [5.41, 5.74) is 0.987. The monoisotopic (exact) mass is 268 g/mol. The molecule has 0 aromatic heterocycles. The van der Waals surface area contributed by atoms with Crippen LogP contribution >= 0.6 is 0 Å². The van der Waals surface area contributed by atoms with Gasteiger partial charge in [-0.3, -0.25) is 0 Å². The van der Waals surface area contributed by atoms with Crippen LogP contribution in [0.5, 0.6) is 0 Å². The molecule has 0 radical (unpaired) electrons. The van der Waals surface area contributed by atoms with Crippen LogP contribution in [0, 0.1) is 5.92 Å². The lowest BCUT2D eigenvalue weighted by Crippen LogP contribution is -1.90. The van der Waals surface area contributed by atoms with Crippen LogP contribution in [-0.2, 0) is 4.79 Å². The molecule has 1 N–H and O–H groups in total. The van der Waals surface area contributed by atoms with E-state index in [-0.39, 0.29) is 0 Å². The van der Waals surface area contributed by atoms with Crippen LogP contribution < -0.4 is 0 Å². The summed E-state index contributed by atoms with van der Waals surface area (Å²) in [6, 6.07) is 0. The van der Waals surface area contributed by atoms with Crippen molar-refractivity contribution >= 4 is 5.97 Å². The van der Waals surface area contributed by atoms with Gasteiger partial charge in [-0.05, 0) is 25.7 Å². The lowest BCUT2D eigenvalue weighted by atomic mass is 10.0. The molecule has 0 aliphatic rings. The van der Waals surface area contributed by atoms with Gasteiger partial charge in [0.05, 0.1) is 0 Å². The normalized spacial score (nSPS) is 12.1. The average Bonchev–Trinajstić information content (AvgIpc) is 2.30. The van der Waals surface area contributed by atoms with E-state index >= 15 is 0 Å². The van der Waals surface area contributed by atoms with Gasteiger partial charge >= 0.3 is 5.97 Å². The number of carbonyl (C=O) groups is 1. The highest BCUT2D eigenvalue weighted by Crippen LogP contribution is 2.14. The smallest absolute Gasteiger partial charge is 0.328 e. The summed E-state index contributed by atoms with van der Waals surface area (Å²) in [6.45, 7) is 6.49. The minimum Gasteiger partial charge on any atom is -0.478 e. The topological polar surface area (TPSA) is 37.3 Å². The zero-order valence-electron chi connectivity index (χ0n) is 13.1. The Kier molecular flexibility index (Phi) is 11.7. The molecule has 2 nitrogen and oxygen atoms in total. The Labute approximate surface area is 119 Å². The molecular weight excluding hydrogens is 236 g/mol. The molecule has 19 heavy (non-hydrogen) atoms. The molecule has 0 saturated carbocycles. The number of rotatable bonds is 12. The second-order valence-corrected chi connectivity index (χ2v) is 6.09. The van der Waals surface area contributed by atoms with E-state index in [0.29, 0.717) is 0 Å². The van der Waals surface area contributed by atoms with E-state index in [0.717, 1.165) is 24.3 Å². The molecule has 0 aromatic carbocycles. The molecule has 0 spiro atoms. The number of hydrogen-bond acceptors (Lipinski definition) is 1. The number of carboxylic acid groups (broad SMARTS) is 1. The van der Waals surface area contributed by atoms with Gasteiger partial charge in [0.1, 0.15) is 0 Å². The number of aliphatic carboxylic acids is 1. The highest BCUT2D eigenvalue weighted by atomic mass is 16.4. The van der Waals surface area contributed by atoms with Crippen LogP contribution in [0.1, 0.15) is 85.0 Å². The molecule has 0 atom stereocenters. The molecule has 0 bridgehead atoms. The molecule has 0 unspecified atom stereocenters. The van der Waals surface area contributed by atoms with E-state index in [4.69, 9.17) is 5.11 Å². The maximum Gasteiger partial charge on any atom is 0.328 e. The fraction of sp³-hybridized carbons (Fsp3) is 0.824. The van der Waals surface area contributed by atoms with Gasteiger partial charge in [0.2, 0.25) is 0 Å². The van der Waals surface area contributed by atoms with Crippen molar-refractivity contribution in [2.75, 3.05) is 0 Å². The lowest BCUT2D eigenvalue weighted by molar-refractivity contribution is -0.131. The van der Waals surface area contributed by atoms with Crippen LogP contribution in [0.2, 0.25) is 0 Å². The van der Waals surface area contributed by atoms with Crippen molar-refractivity contribution in [3.8, 4) is 0 Å². The summed E-state index contributed by atoms with van der Waals surface area (Å²) in [5.74, 6) is 0.0287. The summed E-state index contributed by atoms with van der Waals surface area (Å²) in [6.07, 6.45) is 14.1. The van der Waals surface area contributed by atoms with E-state index in [1.807, 2.05) is 6.92 Å². The van der Waals surface area contributed by atoms with Gasteiger partial charge in [-0.15, -0.1) is 0 Å². The number of carboxylic acids is 1. The highest BCUT2D eigenvalue weighted by Gasteiger charge is 1.97. The first kappa shape index (κ1) is 18.2. The fourth-order valence-electron chi connectivity index (χ4n) is 2.30. The van der Waals surface area contributed by atoms with Gasteiger partial charge in [-0.25, -0.2) is 4.79 Å². The summed E-state index contributed by atoms with van der Waals surface area (Å²) < 4.78 is 0. The molecular formula is C17H32O2. The Morgan fingerprint density at radius 3 is 1.89 bits per heavy atom. The maximum atomic E-state index is 10.4. The predicted molar refractivity (Wildman–Crippen MR) is 82.4 cm³/mol. The van der Waals surface area contributed by atoms with Crippen LogP contribution in [0.15, 0.2) is 11.6 Å². The van der Waals surface area contributed by atoms with Crippen LogP contribution in [0.3, 0.4) is 0 Å². The van der Waals surface area contributed by atoms with Gasteiger partial charge in [-0.1, -0.05) is 70.8 Å². The van der Waals surface area contributed by atoms with Crippen molar-refractivity contribution < 1.29 is 9.90 Å². The van der Waals surface area contributed by atoms with Gasteiger partial charge in [0, 0.05) is 6.08 Å². The molecule has 0 fully saturated rings. The first-order valence-corrected chi connectivity index (χ1v) is 7.92. The maximum absolute atomic E-state index is 10.4. The standard InChI is InChI=1S/C17H32O2/c1-15(2)12-10-8-6-4-5-7-9-11-13-16(3)14-17(18)19/h14-15H,4-13H2,1-3H3,(H,18,19). The molecule has 2 heteroatoms. The van der Waals surface area contributed by atoms with E-state index in [1.54, 1.807) is 0 Å². The molecule has 0 aliphatic heterocycles. The second-order valence-electron chi connectivity index (χ2n) is 6.09. The Morgan fingerprint density at radius 1 is 0.947 bits per heavy atom. The third kappa shape index (κ3) is 15.2. The third-order valence-corrected chi connectivity index (χ3v) is 3.47. The summed E-state index contributed by atoms with van der Waals surface area (Å²) in [5, 5.41) is 8.59. The Bertz CT molecular complexity index is 254. The average molecular weight is 268 g/mol. The second kappa shape index (κ2) is 12.3. The van der Waals surface area contributed by atoms with Crippen molar-refractivity contribution in [1.29, 1.82) is 0 Å². The Morgan fingerprint density at radius 2 is 1.42 bits per heavy atom. The first-order valence-electron chi connectivity index (χ1n) is 7.92. The Balaban J connectivity index is 3.21. The molecule has 112 valence electrons. The SMILES string of the molecule is CC(=CC(=O)O)CCCCCCCCCCC(C)C. The molecule has 0 saturated heterocycles. The molecule has 0 aromatic rings. The van der Waals surface area contributed by atoms with Gasteiger partial charge in [-0.2, -0.15) is 0 Å². The van der Waals surface area contributed by atoms with Crippen LogP contribution in [0.25, 0.3) is 0 Å². The fourth-order valence-corrected chi connectivity index (χ4v) is 2.30. The lowest BCUT2D eigenvalue weighted by Gasteiger charge is -2.04. The van der Waals surface area contributed by atoms with E-state index in [2.05, 4.69) is 13.8 Å². The van der Waals surface area contributed by atoms with Gasteiger partial charge in [0.15, 0.2) is 0 Å². The molecule has 0 aliphatic carbocycles. The van der Waals surface area contributed by atoms with Crippen LogP contribution in [-0.4, -0.2) is 11.1 Å². The van der Waals surface area contributed by atoms with Crippen molar-refractivity contribution in [1.82, 2.24) is 0 Å². The number of hydrogen-bond donors (Lipinski definition) is 1. The zero-order valence-corrected chi connectivity index (χ0v) is 13.1. The predicted octanol–water partition coefficient (Wildman–Crippen LogP) is 5.57. The minimum absolute atomic E-state index is 0.820. The number of unbranched alkanes of at least 4 members (excludes halogenated alkanes) is 7. The van der Waals surface area contributed by atoms with Crippen LogP contribution in [0.4, 0.5) is 0 Å². The van der Waals surface area contributed by atoms with Crippen molar-refractivity contribution in [2.24, 2.45) is 5.92 Å². The molecule has 0 heterocycles. The van der Waals surface area contributed by atoms with Gasteiger partial charge < -0.3 is 5.11 Å². The van der Waals surface area contributed by atoms with E-state index in [9.17, 15) is 4.79 Å². The first-order chi connectivity index (χ1) is 9.02. The summed E-state index contributed by atoms with van der Waals surface area (Å²) in [7, 11) is 0. The quantitative estimate of drug-likeness (QED) is 0.371. The van der Waals surface area contributed by atoms with Gasteiger partial charge in [0.25, 0.3) is 0 Å². The zero-order chi connectivity index (χ0) is 14.5. The van der Waals surface area contributed by atoms with E-state index < -0.39 is 5.97 Å². The molecule has 0 amide bonds. The summed E-state index contributed by atoms with van der Waals surface area (Å²) >= 11 is 0. The Hall–Kier alpha value is -0.790. The van der Waals surface area contributed by atoms with Crippen molar-refractivity contribution in [3.05, 3.63) is 11.6 Å². The third-order valence-electron chi connectivity index (χ3n) is 3.47. The number of allylic oxidation sites excluding steroid dienone is 1. The van der Waals surface area contributed by atoms with E-state index in [1.165, 1.54) is 57.4 Å². The van der Waals surface area contributed by atoms with Crippen molar-refractivity contribution in [2.45, 2.75) is 85.0 Å². The highest BCUT2D eigenvalue weighted by molar-refractivity contribution is 5.80. The minimum atomic E-state index is -0.820. The molecule has 0 rings (SSSR count). The largest absolute Gasteiger partial charge is 0.478 e. The van der Waals surface area contributed by atoms with Crippen molar-refractivity contribution in [3.63, 3.8) is 0 Å².